The molecule has 0 saturated carbocycles. The molecule has 0 radical (unpaired) electrons. The van der Waals surface area contributed by atoms with Crippen molar-refractivity contribution in [2.75, 3.05) is 46.4 Å². The summed E-state index contributed by atoms with van der Waals surface area (Å²) in [6.07, 6.45) is 0. The van der Waals surface area contributed by atoms with Gasteiger partial charge in [0, 0.05) is 54.3 Å². The molecule has 0 aliphatic carbocycles. The van der Waals surface area contributed by atoms with Crippen LogP contribution in [0.2, 0.25) is 15.1 Å². The third-order valence-electron chi connectivity index (χ3n) is 9.28. The van der Waals surface area contributed by atoms with E-state index in [9.17, 15) is 9.59 Å². The first-order chi connectivity index (χ1) is 23.2. The lowest BCUT2D eigenvalue weighted by molar-refractivity contribution is -0.132. The number of benzene rings is 3. The minimum Gasteiger partial charge on any atom is -0.493 e. The Bertz CT molecular complexity index is 1680. The number of urea groups is 1. The second kappa shape index (κ2) is 15.3. The van der Waals surface area contributed by atoms with Gasteiger partial charge in [-0.05, 0) is 79.3 Å². The Balaban J connectivity index is 1.59. The van der Waals surface area contributed by atoms with E-state index in [1.54, 1.807) is 9.80 Å². The molecule has 0 unspecified atom stereocenters. The summed E-state index contributed by atoms with van der Waals surface area (Å²) in [5.74, 6) is 1.15. The second-order valence-electron chi connectivity index (χ2n) is 14.0. The molecule has 11 heteroatoms. The first kappa shape index (κ1) is 37.0. The maximum atomic E-state index is 14.9. The molecule has 5 rings (SSSR count). The van der Waals surface area contributed by atoms with Gasteiger partial charge in [-0.3, -0.25) is 19.6 Å². The molecular formula is C38H46Cl3N5O3. The van der Waals surface area contributed by atoms with Gasteiger partial charge in [0.1, 0.15) is 17.6 Å². The summed E-state index contributed by atoms with van der Waals surface area (Å²) in [5.41, 5.74) is 3.13. The number of likely N-dealkylation sites (N-methyl/N-ethyl adjacent to an activating group) is 1. The summed E-state index contributed by atoms with van der Waals surface area (Å²) in [5, 5.41) is 1.78. The Kier molecular flexibility index (Phi) is 11.5. The largest absolute Gasteiger partial charge is 0.493 e. The fourth-order valence-corrected chi connectivity index (χ4v) is 6.97. The van der Waals surface area contributed by atoms with Crippen molar-refractivity contribution in [3.8, 4) is 5.75 Å². The van der Waals surface area contributed by atoms with Crippen LogP contribution < -0.4 is 4.74 Å². The van der Waals surface area contributed by atoms with Crippen LogP contribution in [0, 0.1) is 0 Å². The van der Waals surface area contributed by atoms with Gasteiger partial charge in [0.2, 0.25) is 5.91 Å². The van der Waals surface area contributed by atoms with Crippen molar-refractivity contribution in [3.05, 3.63) is 98.0 Å². The molecular weight excluding hydrogens is 681 g/mol. The summed E-state index contributed by atoms with van der Waals surface area (Å²) in [7, 11) is 1.83. The number of hydrogen-bond donors (Lipinski definition) is 0. The lowest BCUT2D eigenvalue weighted by atomic mass is 9.86. The molecule has 0 aromatic heterocycles. The molecule has 49 heavy (non-hydrogen) atoms. The van der Waals surface area contributed by atoms with Crippen LogP contribution in [-0.2, 0) is 10.2 Å². The van der Waals surface area contributed by atoms with Crippen LogP contribution in [0.15, 0.2) is 65.7 Å². The average Bonchev–Trinajstić information content (AvgIpc) is 3.45. The molecule has 3 aromatic rings. The van der Waals surface area contributed by atoms with Crippen LogP contribution in [0.5, 0.6) is 5.75 Å². The molecule has 2 aliphatic rings. The molecule has 0 bridgehead atoms. The second-order valence-corrected chi connectivity index (χ2v) is 15.3. The van der Waals surface area contributed by atoms with E-state index in [-0.39, 0.29) is 23.4 Å². The summed E-state index contributed by atoms with van der Waals surface area (Å²) in [4.78, 5) is 40.6. The van der Waals surface area contributed by atoms with E-state index in [1.807, 2.05) is 93.4 Å². The minimum atomic E-state index is -0.504. The molecule has 1 fully saturated rings. The van der Waals surface area contributed by atoms with Gasteiger partial charge in [-0.15, -0.1) is 0 Å². The molecule has 3 aromatic carbocycles. The van der Waals surface area contributed by atoms with E-state index < -0.39 is 12.1 Å². The van der Waals surface area contributed by atoms with Gasteiger partial charge >= 0.3 is 6.03 Å². The molecule has 3 amide bonds. The minimum absolute atomic E-state index is 0.0661. The number of amidine groups is 1. The van der Waals surface area contributed by atoms with Gasteiger partial charge in [-0.2, -0.15) is 0 Å². The number of ether oxygens (including phenoxy) is 1. The zero-order chi connectivity index (χ0) is 35.6. The Labute approximate surface area is 305 Å². The van der Waals surface area contributed by atoms with E-state index in [1.165, 1.54) is 0 Å². The van der Waals surface area contributed by atoms with Gasteiger partial charge in [-0.25, -0.2) is 4.79 Å². The van der Waals surface area contributed by atoms with Crippen molar-refractivity contribution in [3.63, 3.8) is 0 Å². The lowest BCUT2D eigenvalue weighted by Crippen LogP contribution is -2.55. The number of hydrogen-bond acceptors (Lipinski definition) is 5. The molecule has 2 atom stereocenters. The first-order valence-corrected chi connectivity index (χ1v) is 17.9. The molecule has 2 aliphatic heterocycles. The van der Waals surface area contributed by atoms with Crippen LogP contribution >= 0.6 is 34.8 Å². The van der Waals surface area contributed by atoms with Crippen molar-refractivity contribution in [1.29, 1.82) is 0 Å². The van der Waals surface area contributed by atoms with E-state index in [0.717, 1.165) is 16.7 Å². The molecule has 0 N–H and O–H groups in total. The van der Waals surface area contributed by atoms with Gasteiger partial charge in [0.25, 0.3) is 0 Å². The summed E-state index contributed by atoms with van der Waals surface area (Å²) < 4.78 is 6.25. The number of carbonyl (C=O) groups excluding carboxylic acids is 2. The standard InChI is InChI=1S/C38H46Cl3N5O3/c1-8-49-32-22-30(38(4,5)6)31(41)21-29(32)36-42-34(25-9-13-27(39)14-10-25)35(26-11-15-28(40)16-12-26)46(36)37(48)45-19-17-44(18-20-45)23-33(47)43(7)24(2)3/h9-16,21-22,24,34-35H,8,17-20,23H2,1-7H3/t34-,35+/m0/s1. The van der Waals surface area contributed by atoms with Crippen molar-refractivity contribution < 1.29 is 14.3 Å². The molecule has 0 spiro atoms. The first-order valence-electron chi connectivity index (χ1n) is 16.8. The Hall–Kier alpha value is -3.30. The maximum absolute atomic E-state index is 14.9. The van der Waals surface area contributed by atoms with Crippen LogP contribution in [0.4, 0.5) is 4.79 Å². The van der Waals surface area contributed by atoms with Crippen molar-refractivity contribution in [2.45, 2.75) is 65.1 Å². The SMILES string of the molecule is CCOc1cc(C(C)(C)C)c(Cl)cc1C1=N[C@@H](c2ccc(Cl)cc2)[C@@H](c2ccc(Cl)cc2)N1C(=O)N1CCN(CC(=O)N(C)C(C)C)CC1. The Morgan fingerprint density at radius 2 is 1.49 bits per heavy atom. The number of nitrogens with zero attached hydrogens (tertiary/aromatic N) is 5. The van der Waals surface area contributed by atoms with Crippen molar-refractivity contribution in [2.24, 2.45) is 4.99 Å². The number of rotatable bonds is 8. The molecule has 2 heterocycles. The van der Waals surface area contributed by atoms with Crippen LogP contribution in [0.1, 0.15) is 75.9 Å². The van der Waals surface area contributed by atoms with Crippen LogP contribution in [-0.4, -0.2) is 89.8 Å². The topological polar surface area (TPSA) is 68.7 Å². The summed E-state index contributed by atoms with van der Waals surface area (Å²) >= 11 is 19.7. The zero-order valence-corrected chi connectivity index (χ0v) is 31.6. The smallest absolute Gasteiger partial charge is 0.326 e. The molecule has 8 nitrogen and oxygen atoms in total. The lowest BCUT2D eigenvalue weighted by Gasteiger charge is -2.39. The highest BCUT2D eigenvalue weighted by molar-refractivity contribution is 6.32. The third kappa shape index (κ3) is 8.20. The number of aliphatic imine (C=N–C) groups is 1. The number of halogens is 3. The van der Waals surface area contributed by atoms with E-state index in [2.05, 4.69) is 25.7 Å². The van der Waals surface area contributed by atoms with E-state index in [4.69, 9.17) is 44.5 Å². The maximum Gasteiger partial charge on any atom is 0.326 e. The fraction of sp³-hybridized carbons (Fsp3) is 0.447. The quantitative estimate of drug-likeness (QED) is 0.234. The van der Waals surface area contributed by atoms with Crippen LogP contribution in [0.3, 0.4) is 0 Å². The Morgan fingerprint density at radius 1 is 0.918 bits per heavy atom. The van der Waals surface area contributed by atoms with Crippen LogP contribution in [0.25, 0.3) is 0 Å². The highest BCUT2D eigenvalue weighted by Gasteiger charge is 2.45. The monoisotopic (exact) mass is 725 g/mol. The van der Waals surface area contributed by atoms with Crippen molar-refractivity contribution >= 4 is 52.6 Å². The van der Waals surface area contributed by atoms with Gasteiger partial charge < -0.3 is 14.5 Å². The molecule has 262 valence electrons. The highest BCUT2D eigenvalue weighted by atomic mass is 35.5. The van der Waals surface area contributed by atoms with E-state index >= 15 is 0 Å². The van der Waals surface area contributed by atoms with E-state index in [0.29, 0.717) is 71.5 Å². The van der Waals surface area contributed by atoms with Gasteiger partial charge in [-0.1, -0.05) is 79.8 Å². The number of piperazine rings is 1. The molecule has 1 saturated heterocycles. The average molecular weight is 727 g/mol. The normalized spacial score (nSPS) is 18.6. The highest BCUT2D eigenvalue weighted by Crippen LogP contribution is 2.46. The van der Waals surface area contributed by atoms with Gasteiger partial charge in [0.05, 0.1) is 24.8 Å². The number of carbonyl (C=O) groups is 2. The fourth-order valence-electron chi connectivity index (χ4n) is 6.27. The van der Waals surface area contributed by atoms with Crippen molar-refractivity contribution in [1.82, 2.24) is 19.6 Å². The third-order valence-corrected chi connectivity index (χ3v) is 10.1. The van der Waals surface area contributed by atoms with Gasteiger partial charge in [0.15, 0.2) is 0 Å². The zero-order valence-electron chi connectivity index (χ0n) is 29.3. The predicted octanol–water partition coefficient (Wildman–Crippen LogP) is 8.49. The Morgan fingerprint density at radius 3 is 2.02 bits per heavy atom. The predicted molar refractivity (Wildman–Crippen MR) is 199 cm³/mol. The summed E-state index contributed by atoms with van der Waals surface area (Å²) in [6, 6.07) is 18.0. The number of amides is 3. The summed E-state index contributed by atoms with van der Waals surface area (Å²) in [6.45, 7) is 15.1.